The normalized spacial score (nSPS) is 10.1. The molecule has 1 aromatic carbocycles. The molecule has 0 saturated heterocycles. The Morgan fingerprint density at radius 1 is 1.53 bits per heavy atom. The Kier molecular flexibility index (Phi) is 4.09. The molecule has 19 heavy (non-hydrogen) atoms. The SMILES string of the molecule is C#CCOc1ccc2occ(CCNC(C)=O)c2c1. The van der Waals surface area contributed by atoms with Crippen molar-refractivity contribution in [3.8, 4) is 18.1 Å². The van der Waals surface area contributed by atoms with Crippen LogP contribution in [0.15, 0.2) is 28.9 Å². The number of hydrogen-bond donors (Lipinski definition) is 1. The topological polar surface area (TPSA) is 51.5 Å². The molecule has 0 fully saturated rings. The van der Waals surface area contributed by atoms with Gasteiger partial charge in [0.05, 0.1) is 6.26 Å². The van der Waals surface area contributed by atoms with Crippen LogP contribution in [0.4, 0.5) is 0 Å². The molecule has 2 aromatic rings. The fourth-order valence-electron chi connectivity index (χ4n) is 1.84. The fourth-order valence-corrected chi connectivity index (χ4v) is 1.84. The predicted molar refractivity (Wildman–Crippen MR) is 72.9 cm³/mol. The summed E-state index contributed by atoms with van der Waals surface area (Å²) in [5.74, 6) is 3.11. The number of fused-ring (bicyclic) bond motifs is 1. The number of hydrogen-bond acceptors (Lipinski definition) is 3. The van der Waals surface area contributed by atoms with Crippen molar-refractivity contribution in [2.45, 2.75) is 13.3 Å². The number of nitrogens with one attached hydrogen (secondary N) is 1. The molecule has 0 aliphatic rings. The van der Waals surface area contributed by atoms with E-state index in [0.29, 0.717) is 18.7 Å². The van der Waals surface area contributed by atoms with Crippen molar-refractivity contribution < 1.29 is 13.9 Å². The Morgan fingerprint density at radius 2 is 2.37 bits per heavy atom. The van der Waals surface area contributed by atoms with Gasteiger partial charge in [-0.3, -0.25) is 4.79 Å². The van der Waals surface area contributed by atoms with Gasteiger partial charge in [0.25, 0.3) is 0 Å². The van der Waals surface area contributed by atoms with Crippen LogP contribution in [0.25, 0.3) is 11.0 Å². The molecule has 0 aliphatic heterocycles. The van der Waals surface area contributed by atoms with Crippen molar-refractivity contribution in [3.05, 3.63) is 30.0 Å². The molecule has 4 nitrogen and oxygen atoms in total. The first kappa shape index (κ1) is 13.0. The van der Waals surface area contributed by atoms with Crippen LogP contribution in [-0.4, -0.2) is 19.1 Å². The molecule has 0 atom stereocenters. The third-order valence-corrected chi connectivity index (χ3v) is 2.72. The Hall–Kier alpha value is -2.41. The minimum Gasteiger partial charge on any atom is -0.481 e. The molecule has 0 saturated carbocycles. The smallest absolute Gasteiger partial charge is 0.216 e. The van der Waals surface area contributed by atoms with Gasteiger partial charge in [0, 0.05) is 24.4 Å². The highest BCUT2D eigenvalue weighted by Crippen LogP contribution is 2.26. The molecule has 0 spiro atoms. The highest BCUT2D eigenvalue weighted by molar-refractivity contribution is 5.82. The lowest BCUT2D eigenvalue weighted by molar-refractivity contribution is -0.118. The minimum atomic E-state index is -0.0363. The summed E-state index contributed by atoms with van der Waals surface area (Å²) in [5.41, 5.74) is 1.83. The summed E-state index contributed by atoms with van der Waals surface area (Å²) in [6.07, 6.45) is 7.58. The van der Waals surface area contributed by atoms with Crippen LogP contribution in [0, 0.1) is 12.3 Å². The van der Waals surface area contributed by atoms with Crippen LogP contribution < -0.4 is 10.1 Å². The average Bonchev–Trinajstić information content (AvgIpc) is 2.79. The molecule has 0 unspecified atom stereocenters. The summed E-state index contributed by atoms with van der Waals surface area (Å²) in [6, 6.07) is 5.57. The molecule has 1 heterocycles. The van der Waals surface area contributed by atoms with E-state index < -0.39 is 0 Å². The van der Waals surface area contributed by atoms with Gasteiger partial charge in [-0.2, -0.15) is 0 Å². The van der Waals surface area contributed by atoms with Crippen molar-refractivity contribution in [1.29, 1.82) is 0 Å². The second-order valence-electron chi connectivity index (χ2n) is 4.14. The maximum absolute atomic E-state index is 10.8. The number of carbonyl (C=O) groups is 1. The standard InChI is InChI=1S/C15H15NO3/c1-3-8-18-13-4-5-15-14(9-13)12(10-19-15)6-7-16-11(2)17/h1,4-5,9-10H,6-8H2,2H3,(H,16,17). The molecule has 98 valence electrons. The lowest BCUT2D eigenvalue weighted by atomic mass is 10.1. The Bertz CT molecular complexity index is 622. The van der Waals surface area contributed by atoms with Gasteiger partial charge < -0.3 is 14.5 Å². The number of amides is 1. The van der Waals surface area contributed by atoms with Gasteiger partial charge in [0.2, 0.25) is 5.91 Å². The van der Waals surface area contributed by atoms with E-state index in [1.807, 2.05) is 18.2 Å². The van der Waals surface area contributed by atoms with Gasteiger partial charge in [-0.25, -0.2) is 0 Å². The molecule has 2 rings (SSSR count). The van der Waals surface area contributed by atoms with Crippen molar-refractivity contribution in [2.75, 3.05) is 13.2 Å². The summed E-state index contributed by atoms with van der Waals surface area (Å²) < 4.78 is 10.8. The van der Waals surface area contributed by atoms with Crippen LogP contribution in [0.2, 0.25) is 0 Å². The quantitative estimate of drug-likeness (QED) is 0.835. The number of ether oxygens (including phenoxy) is 1. The molecule has 1 N–H and O–H groups in total. The molecule has 0 bridgehead atoms. The van der Waals surface area contributed by atoms with Crippen LogP contribution >= 0.6 is 0 Å². The van der Waals surface area contributed by atoms with Gasteiger partial charge in [0.1, 0.15) is 17.9 Å². The summed E-state index contributed by atoms with van der Waals surface area (Å²) in [4.78, 5) is 10.8. The number of rotatable bonds is 5. The Morgan fingerprint density at radius 3 is 3.11 bits per heavy atom. The third-order valence-electron chi connectivity index (χ3n) is 2.72. The van der Waals surface area contributed by atoms with Gasteiger partial charge in [-0.15, -0.1) is 6.42 Å². The number of furan rings is 1. The highest BCUT2D eigenvalue weighted by atomic mass is 16.5. The molecule has 1 aromatic heterocycles. The molecular weight excluding hydrogens is 242 g/mol. The van der Waals surface area contributed by atoms with Gasteiger partial charge in [0.15, 0.2) is 0 Å². The van der Waals surface area contributed by atoms with Crippen LogP contribution in [0.3, 0.4) is 0 Å². The third kappa shape index (κ3) is 3.29. The number of benzene rings is 1. The van der Waals surface area contributed by atoms with Crippen molar-refractivity contribution in [2.24, 2.45) is 0 Å². The van der Waals surface area contributed by atoms with Crippen LogP contribution in [0.5, 0.6) is 5.75 Å². The lowest BCUT2D eigenvalue weighted by Gasteiger charge is -2.03. The maximum Gasteiger partial charge on any atom is 0.216 e. The van der Waals surface area contributed by atoms with Gasteiger partial charge in [-0.05, 0) is 24.6 Å². The largest absolute Gasteiger partial charge is 0.481 e. The average molecular weight is 257 g/mol. The highest BCUT2D eigenvalue weighted by Gasteiger charge is 2.07. The van der Waals surface area contributed by atoms with Gasteiger partial charge >= 0.3 is 0 Å². The number of terminal acetylenes is 1. The van der Waals surface area contributed by atoms with Crippen LogP contribution in [-0.2, 0) is 11.2 Å². The summed E-state index contributed by atoms with van der Waals surface area (Å²) in [6.45, 7) is 2.32. The summed E-state index contributed by atoms with van der Waals surface area (Å²) in [5, 5.41) is 3.75. The van der Waals surface area contributed by atoms with E-state index >= 15 is 0 Å². The zero-order valence-electron chi connectivity index (χ0n) is 10.7. The van der Waals surface area contributed by atoms with E-state index in [-0.39, 0.29) is 12.5 Å². The second kappa shape index (κ2) is 5.96. The zero-order chi connectivity index (χ0) is 13.7. The summed E-state index contributed by atoms with van der Waals surface area (Å²) >= 11 is 0. The number of carbonyl (C=O) groups excluding carboxylic acids is 1. The molecule has 1 amide bonds. The Balaban J connectivity index is 2.15. The zero-order valence-corrected chi connectivity index (χ0v) is 10.7. The van der Waals surface area contributed by atoms with Crippen molar-refractivity contribution in [1.82, 2.24) is 5.32 Å². The van der Waals surface area contributed by atoms with Crippen LogP contribution in [0.1, 0.15) is 12.5 Å². The van der Waals surface area contributed by atoms with E-state index in [1.54, 1.807) is 6.26 Å². The first-order chi connectivity index (χ1) is 9.20. The predicted octanol–water partition coefficient (Wildman–Crippen LogP) is 2.12. The van der Waals surface area contributed by atoms with E-state index in [4.69, 9.17) is 15.6 Å². The first-order valence-electron chi connectivity index (χ1n) is 6.01. The fraction of sp³-hybridized carbons (Fsp3) is 0.267. The molecule has 0 radical (unpaired) electrons. The van der Waals surface area contributed by atoms with Gasteiger partial charge in [-0.1, -0.05) is 5.92 Å². The molecule has 0 aliphatic carbocycles. The first-order valence-corrected chi connectivity index (χ1v) is 6.01. The maximum atomic E-state index is 10.8. The second-order valence-corrected chi connectivity index (χ2v) is 4.14. The van der Waals surface area contributed by atoms with E-state index in [2.05, 4.69) is 11.2 Å². The van der Waals surface area contributed by atoms with E-state index in [0.717, 1.165) is 16.5 Å². The van der Waals surface area contributed by atoms with Crippen molar-refractivity contribution in [3.63, 3.8) is 0 Å². The monoisotopic (exact) mass is 257 g/mol. The van der Waals surface area contributed by atoms with E-state index in [9.17, 15) is 4.79 Å². The molecule has 4 heteroatoms. The summed E-state index contributed by atoms with van der Waals surface area (Å²) in [7, 11) is 0. The van der Waals surface area contributed by atoms with Crippen molar-refractivity contribution >= 4 is 16.9 Å². The Labute approximate surface area is 111 Å². The van der Waals surface area contributed by atoms with E-state index in [1.165, 1.54) is 6.92 Å². The lowest BCUT2D eigenvalue weighted by Crippen LogP contribution is -2.22. The minimum absolute atomic E-state index is 0.0363. The molecular formula is C15H15NO3.